The van der Waals surface area contributed by atoms with Crippen LogP contribution in [-0.4, -0.2) is 36.7 Å². The Hall–Kier alpha value is -3.68. The number of halogens is 5. The lowest BCUT2D eigenvalue weighted by Gasteiger charge is -2.35. The molecule has 3 aromatic rings. The smallest absolute Gasteiger partial charge is 0.262 e. The summed E-state index contributed by atoms with van der Waals surface area (Å²) in [6.45, 7) is 6.33. The number of nitrogens with one attached hydrogen (secondary N) is 2. The highest BCUT2D eigenvalue weighted by atomic mass is 35.5. The zero-order valence-corrected chi connectivity index (χ0v) is 26.6. The zero-order chi connectivity index (χ0) is 32.2. The van der Waals surface area contributed by atoms with E-state index in [4.69, 9.17) is 16.6 Å². The lowest BCUT2D eigenvalue weighted by molar-refractivity contribution is -0.110. The van der Waals surface area contributed by atoms with Crippen LogP contribution in [0.4, 0.5) is 23.2 Å². The number of rotatable bonds is 10. The molecule has 1 aliphatic heterocycles. The van der Waals surface area contributed by atoms with Gasteiger partial charge in [0.05, 0.1) is 34.7 Å². The molecule has 0 radical (unpaired) electrons. The van der Waals surface area contributed by atoms with E-state index in [1.807, 2.05) is 27.0 Å². The molecule has 2 heterocycles. The molecule has 1 atom stereocenters. The van der Waals surface area contributed by atoms with Crippen molar-refractivity contribution in [3.05, 3.63) is 87.7 Å². The number of pyridine rings is 1. The lowest BCUT2D eigenvalue weighted by Crippen LogP contribution is -2.38. The minimum Gasteiger partial charge on any atom is -0.361 e. The fourth-order valence-corrected chi connectivity index (χ4v) is 5.68. The Labute approximate surface area is 264 Å². The Balaban J connectivity index is 1.99. The summed E-state index contributed by atoms with van der Waals surface area (Å²) < 4.78 is 60.4. The maximum Gasteiger partial charge on any atom is 0.262 e. The number of hydrogen-bond acceptors (Lipinski definition) is 5. The molecular weight excluding hydrogens is 612 g/mol. The molecular formula is C33H33ClF4N4OS. The highest BCUT2D eigenvalue weighted by molar-refractivity contribution is 7.97. The molecule has 1 amide bonds. The Morgan fingerprint density at radius 3 is 2.39 bits per heavy atom. The summed E-state index contributed by atoms with van der Waals surface area (Å²) in [6.07, 6.45) is 4.13. The van der Waals surface area contributed by atoms with Crippen LogP contribution in [0.2, 0.25) is 5.02 Å². The van der Waals surface area contributed by atoms with E-state index in [0.29, 0.717) is 56.5 Å². The van der Waals surface area contributed by atoms with E-state index in [2.05, 4.69) is 21.9 Å². The van der Waals surface area contributed by atoms with Gasteiger partial charge in [-0.1, -0.05) is 35.5 Å². The van der Waals surface area contributed by atoms with Crippen molar-refractivity contribution in [1.82, 2.24) is 15.0 Å². The maximum absolute atomic E-state index is 14.5. The van der Waals surface area contributed by atoms with Gasteiger partial charge in [0.1, 0.15) is 17.3 Å². The molecule has 0 saturated heterocycles. The van der Waals surface area contributed by atoms with Crippen molar-refractivity contribution in [3.8, 4) is 23.0 Å². The topological polar surface area (TPSA) is 57.3 Å². The molecule has 2 N–H and O–H groups in total. The summed E-state index contributed by atoms with van der Waals surface area (Å²) in [5, 5.41) is 3.10. The first-order valence-corrected chi connectivity index (χ1v) is 15.4. The fourth-order valence-electron chi connectivity index (χ4n) is 5.02. The molecule has 1 unspecified atom stereocenters. The summed E-state index contributed by atoms with van der Waals surface area (Å²) in [6, 6.07) is 9.19. The molecule has 11 heteroatoms. The molecule has 1 aliphatic rings. The van der Waals surface area contributed by atoms with Crippen LogP contribution in [0.25, 0.3) is 16.8 Å². The second-order valence-electron chi connectivity index (χ2n) is 11.6. The van der Waals surface area contributed by atoms with Gasteiger partial charge >= 0.3 is 0 Å². The quantitative estimate of drug-likeness (QED) is 0.102. The van der Waals surface area contributed by atoms with Gasteiger partial charge in [-0.25, -0.2) is 22.5 Å². The first-order chi connectivity index (χ1) is 20.7. The number of nitrogens with zero attached hydrogens (tertiary/aromatic N) is 2. The van der Waals surface area contributed by atoms with E-state index < -0.39 is 30.1 Å². The normalized spacial score (nSPS) is 13.8. The predicted octanol–water partition coefficient (Wildman–Crippen LogP) is 7.79. The standard InChI is InChI=1S/C33H33ClF4N4OS/c1-32(2,3)12-10-23-6-7-24(30(40-23)28(39-19-43)16-20-14-21(35)17-22(36)15-20)25-8-9-26(34)29-27(41-44-5)11-13-42(31(25)29)18-33(4,37)38/h6-9,11,14-15,17,19,28,41H,13,16,18H2,1-5H3,(H,39,43). The highest BCUT2D eigenvalue weighted by Crippen LogP contribution is 2.45. The second-order valence-corrected chi connectivity index (χ2v) is 12.7. The van der Waals surface area contributed by atoms with E-state index in [0.717, 1.165) is 13.0 Å². The zero-order valence-electron chi connectivity index (χ0n) is 25.0. The highest BCUT2D eigenvalue weighted by Gasteiger charge is 2.33. The van der Waals surface area contributed by atoms with Gasteiger partial charge in [-0.3, -0.25) is 4.79 Å². The molecule has 0 fully saturated rings. The SMILES string of the molecule is CSNC1=CCN(CC(C)(F)F)c2c(-c3ccc(C#CC(C)(C)C)nc3C(Cc3cc(F)cc(F)c3)NC=O)ccc(Cl)c21. The molecule has 0 saturated carbocycles. The van der Waals surface area contributed by atoms with Gasteiger partial charge in [0.25, 0.3) is 5.92 Å². The van der Waals surface area contributed by atoms with Crippen LogP contribution in [0.3, 0.4) is 0 Å². The van der Waals surface area contributed by atoms with Crippen molar-refractivity contribution in [1.29, 1.82) is 0 Å². The minimum absolute atomic E-state index is 0.00468. The molecule has 4 rings (SSSR count). The Morgan fingerprint density at radius 1 is 1.09 bits per heavy atom. The van der Waals surface area contributed by atoms with Gasteiger partial charge in [0.15, 0.2) is 0 Å². The summed E-state index contributed by atoms with van der Waals surface area (Å²) >= 11 is 8.04. The summed E-state index contributed by atoms with van der Waals surface area (Å²) in [4.78, 5) is 18.2. The van der Waals surface area contributed by atoms with Crippen LogP contribution in [0.15, 0.2) is 48.5 Å². The summed E-state index contributed by atoms with van der Waals surface area (Å²) in [7, 11) is 0. The Morgan fingerprint density at radius 2 is 1.77 bits per heavy atom. The summed E-state index contributed by atoms with van der Waals surface area (Å²) in [5.74, 6) is 1.67. The van der Waals surface area contributed by atoms with E-state index in [1.54, 1.807) is 35.2 Å². The third-order valence-corrected chi connectivity index (χ3v) is 7.39. The van der Waals surface area contributed by atoms with Crippen molar-refractivity contribution >= 4 is 41.3 Å². The first kappa shape index (κ1) is 33.2. The molecule has 0 bridgehead atoms. The van der Waals surface area contributed by atoms with Crippen LogP contribution in [0.5, 0.6) is 0 Å². The molecule has 2 aromatic carbocycles. The molecule has 232 valence electrons. The number of benzene rings is 2. The monoisotopic (exact) mass is 644 g/mol. The van der Waals surface area contributed by atoms with Gasteiger partial charge in [0, 0.05) is 47.9 Å². The van der Waals surface area contributed by atoms with E-state index in [9.17, 15) is 22.4 Å². The largest absolute Gasteiger partial charge is 0.361 e. The van der Waals surface area contributed by atoms with Crippen LogP contribution in [-0.2, 0) is 11.2 Å². The minimum atomic E-state index is -3.02. The molecule has 0 spiro atoms. The van der Waals surface area contributed by atoms with E-state index in [1.165, 1.54) is 24.1 Å². The molecule has 1 aromatic heterocycles. The molecule has 0 aliphatic carbocycles. The number of carbonyl (C=O) groups excluding carboxylic acids is 1. The van der Waals surface area contributed by atoms with Gasteiger partial charge < -0.3 is 14.9 Å². The average Bonchev–Trinajstić information content (AvgIpc) is 2.91. The van der Waals surface area contributed by atoms with Crippen LogP contribution in [0, 0.1) is 28.9 Å². The number of alkyl halides is 2. The van der Waals surface area contributed by atoms with Crippen LogP contribution >= 0.6 is 23.5 Å². The van der Waals surface area contributed by atoms with Gasteiger partial charge in [-0.2, -0.15) is 0 Å². The fraction of sp³-hybridized carbons (Fsp3) is 0.333. The average molecular weight is 645 g/mol. The number of aromatic nitrogens is 1. The number of amides is 1. The number of hydrogen-bond donors (Lipinski definition) is 2. The van der Waals surface area contributed by atoms with Crippen molar-refractivity contribution in [2.24, 2.45) is 5.41 Å². The number of carbonyl (C=O) groups is 1. The van der Waals surface area contributed by atoms with Crippen LogP contribution < -0.4 is 14.9 Å². The Bertz CT molecular complexity index is 1620. The Kier molecular flexibility index (Phi) is 10.2. The van der Waals surface area contributed by atoms with Crippen molar-refractivity contribution in [2.45, 2.75) is 46.1 Å². The van der Waals surface area contributed by atoms with Gasteiger partial charge in [0.2, 0.25) is 6.41 Å². The van der Waals surface area contributed by atoms with Crippen molar-refractivity contribution < 1.29 is 22.4 Å². The number of fused-ring (bicyclic) bond motifs is 1. The van der Waals surface area contributed by atoms with Crippen molar-refractivity contribution in [2.75, 3.05) is 24.2 Å². The van der Waals surface area contributed by atoms with Gasteiger partial charge in [-0.15, -0.1) is 0 Å². The third kappa shape index (κ3) is 8.27. The second kappa shape index (κ2) is 13.5. The summed E-state index contributed by atoms with van der Waals surface area (Å²) in [5.41, 5.74) is 3.48. The molecule has 44 heavy (non-hydrogen) atoms. The third-order valence-electron chi connectivity index (χ3n) is 6.65. The van der Waals surface area contributed by atoms with E-state index >= 15 is 0 Å². The van der Waals surface area contributed by atoms with Crippen molar-refractivity contribution in [3.63, 3.8) is 0 Å². The van der Waals surface area contributed by atoms with E-state index in [-0.39, 0.29) is 18.4 Å². The predicted molar refractivity (Wildman–Crippen MR) is 170 cm³/mol. The lowest BCUT2D eigenvalue weighted by atomic mass is 9.90. The number of anilines is 1. The first-order valence-electron chi connectivity index (χ1n) is 13.8. The maximum atomic E-state index is 14.5. The van der Waals surface area contributed by atoms with Crippen LogP contribution in [0.1, 0.15) is 56.3 Å². The molecule has 5 nitrogen and oxygen atoms in total. The van der Waals surface area contributed by atoms with Gasteiger partial charge in [-0.05, 0) is 75.1 Å².